The summed E-state index contributed by atoms with van der Waals surface area (Å²) in [5, 5.41) is 12.9. The molecular weight excluding hydrogens is 318 g/mol. The van der Waals surface area contributed by atoms with Gasteiger partial charge >= 0.3 is 5.97 Å². The first kappa shape index (κ1) is 15.3. The van der Waals surface area contributed by atoms with Gasteiger partial charge in [-0.25, -0.2) is 9.78 Å². The molecule has 1 aliphatic rings. The second-order valence-electron chi connectivity index (χ2n) is 6.55. The highest BCUT2D eigenvalue weighted by atomic mass is 32.1. The summed E-state index contributed by atoms with van der Waals surface area (Å²) >= 11 is 1.36. The van der Waals surface area contributed by atoms with Crippen LogP contribution in [-0.2, 0) is 5.41 Å². The minimum atomic E-state index is -0.873. The van der Waals surface area contributed by atoms with Gasteiger partial charge in [-0.3, -0.25) is 0 Å². The highest BCUT2D eigenvalue weighted by Gasteiger charge is 2.41. The Labute approximate surface area is 145 Å². The van der Waals surface area contributed by atoms with Crippen LogP contribution < -0.4 is 0 Å². The molecule has 1 N–H and O–H groups in total. The predicted molar refractivity (Wildman–Crippen MR) is 97.0 cm³/mol. The van der Waals surface area contributed by atoms with Crippen LogP contribution in [0.3, 0.4) is 0 Å². The van der Waals surface area contributed by atoms with Gasteiger partial charge in [0.1, 0.15) is 9.88 Å². The van der Waals surface area contributed by atoms with Gasteiger partial charge in [-0.1, -0.05) is 55.3 Å². The van der Waals surface area contributed by atoms with Crippen molar-refractivity contribution in [2.75, 3.05) is 0 Å². The third-order valence-corrected chi connectivity index (χ3v) is 6.51. The highest BCUT2D eigenvalue weighted by molar-refractivity contribution is 7.13. The second-order valence-corrected chi connectivity index (χ2v) is 7.55. The van der Waals surface area contributed by atoms with E-state index in [4.69, 9.17) is 4.98 Å². The number of carboxylic acid groups (broad SMARTS) is 1. The largest absolute Gasteiger partial charge is 0.477 e. The molecule has 2 aromatic carbocycles. The summed E-state index contributed by atoms with van der Waals surface area (Å²) in [6, 6.07) is 14.9. The summed E-state index contributed by atoms with van der Waals surface area (Å²) in [7, 11) is 0. The van der Waals surface area contributed by atoms with Crippen molar-refractivity contribution in [3.63, 3.8) is 0 Å². The van der Waals surface area contributed by atoms with Gasteiger partial charge in [-0.2, -0.15) is 0 Å². The van der Waals surface area contributed by atoms with Crippen molar-refractivity contribution in [3.05, 3.63) is 63.6 Å². The number of carboxylic acids is 1. The fraction of sp³-hybridized carbons (Fsp3) is 0.300. The first-order valence-corrected chi connectivity index (χ1v) is 9.13. The number of aryl methyl sites for hydroxylation is 1. The number of fused-ring (bicyclic) bond motifs is 1. The molecule has 1 fully saturated rings. The van der Waals surface area contributed by atoms with Crippen molar-refractivity contribution < 1.29 is 9.90 Å². The number of nitrogens with zero attached hydrogens (tertiary/aromatic N) is 1. The van der Waals surface area contributed by atoms with Crippen molar-refractivity contribution in [1.29, 1.82) is 0 Å². The average Bonchev–Trinajstić information content (AvgIpc) is 3.22. The van der Waals surface area contributed by atoms with Gasteiger partial charge in [0.25, 0.3) is 0 Å². The third-order valence-electron chi connectivity index (χ3n) is 5.16. The molecule has 0 bridgehead atoms. The summed E-state index contributed by atoms with van der Waals surface area (Å²) in [6.45, 7) is 1.80. The molecule has 1 aromatic heterocycles. The lowest BCUT2D eigenvalue weighted by atomic mass is 9.77. The summed E-state index contributed by atoms with van der Waals surface area (Å²) in [5.41, 5.74) is 1.78. The lowest BCUT2D eigenvalue weighted by molar-refractivity contribution is 0.0701. The lowest BCUT2D eigenvalue weighted by Crippen LogP contribution is -2.24. The Morgan fingerprint density at radius 1 is 1.12 bits per heavy atom. The summed E-state index contributed by atoms with van der Waals surface area (Å²) in [5.74, 6) is -0.873. The van der Waals surface area contributed by atoms with E-state index in [1.54, 1.807) is 6.92 Å². The van der Waals surface area contributed by atoms with Crippen molar-refractivity contribution >= 4 is 28.1 Å². The molecule has 0 unspecified atom stereocenters. The minimum Gasteiger partial charge on any atom is -0.477 e. The Hall–Kier alpha value is -2.20. The highest BCUT2D eigenvalue weighted by Crippen LogP contribution is 2.49. The fourth-order valence-electron chi connectivity index (χ4n) is 4.02. The Morgan fingerprint density at radius 3 is 2.54 bits per heavy atom. The van der Waals surface area contributed by atoms with Gasteiger partial charge in [0, 0.05) is 5.41 Å². The smallest absolute Gasteiger partial charge is 0.347 e. The van der Waals surface area contributed by atoms with E-state index >= 15 is 0 Å². The van der Waals surface area contributed by atoms with Crippen LogP contribution in [0.4, 0.5) is 0 Å². The summed E-state index contributed by atoms with van der Waals surface area (Å²) < 4.78 is 0. The molecular formula is C20H19NO2S. The molecule has 4 heteroatoms. The van der Waals surface area contributed by atoms with Gasteiger partial charge in [0.05, 0.1) is 5.69 Å². The van der Waals surface area contributed by atoms with Crippen LogP contribution in [-0.4, -0.2) is 16.1 Å². The van der Waals surface area contributed by atoms with Gasteiger partial charge in [-0.15, -0.1) is 11.3 Å². The predicted octanol–water partition coefficient (Wildman–Crippen LogP) is 5.16. The van der Waals surface area contributed by atoms with E-state index in [2.05, 4.69) is 42.5 Å². The molecule has 1 aliphatic carbocycles. The van der Waals surface area contributed by atoms with Crippen LogP contribution in [0.5, 0.6) is 0 Å². The molecule has 0 atom stereocenters. The van der Waals surface area contributed by atoms with Gasteiger partial charge < -0.3 is 5.11 Å². The number of rotatable bonds is 3. The second kappa shape index (κ2) is 5.71. The monoisotopic (exact) mass is 337 g/mol. The molecule has 24 heavy (non-hydrogen) atoms. The molecule has 0 spiro atoms. The Kier molecular flexibility index (Phi) is 3.65. The molecule has 3 nitrogen and oxygen atoms in total. The molecule has 1 saturated carbocycles. The van der Waals surface area contributed by atoms with Crippen LogP contribution in [0.25, 0.3) is 10.8 Å². The first-order chi connectivity index (χ1) is 11.6. The van der Waals surface area contributed by atoms with Gasteiger partial charge in [0.15, 0.2) is 0 Å². The number of aromatic nitrogens is 1. The molecule has 0 amide bonds. The topological polar surface area (TPSA) is 50.2 Å². The van der Waals surface area contributed by atoms with Crippen molar-refractivity contribution in [1.82, 2.24) is 4.98 Å². The van der Waals surface area contributed by atoms with Crippen LogP contribution in [0, 0.1) is 6.92 Å². The van der Waals surface area contributed by atoms with Gasteiger partial charge in [-0.05, 0) is 36.1 Å². The van der Waals surface area contributed by atoms with Gasteiger partial charge in [0.2, 0.25) is 0 Å². The zero-order valence-corrected chi connectivity index (χ0v) is 14.4. The normalized spacial score (nSPS) is 16.5. The van der Waals surface area contributed by atoms with E-state index in [0.29, 0.717) is 10.6 Å². The van der Waals surface area contributed by atoms with Crippen LogP contribution in [0.15, 0.2) is 42.5 Å². The standard InChI is InChI=1S/C20H19NO2S/c1-13-17(18(22)23)24-19(21-13)20(11-4-5-12-20)16-10-6-8-14-7-2-3-9-15(14)16/h2-3,6-10H,4-5,11-12H2,1H3,(H,22,23). The van der Waals surface area contributed by atoms with E-state index in [0.717, 1.165) is 30.7 Å². The van der Waals surface area contributed by atoms with Crippen LogP contribution in [0.2, 0.25) is 0 Å². The molecule has 122 valence electrons. The van der Waals surface area contributed by atoms with Crippen molar-refractivity contribution in [2.24, 2.45) is 0 Å². The first-order valence-electron chi connectivity index (χ1n) is 8.31. The number of carbonyl (C=O) groups is 1. The van der Waals surface area contributed by atoms with E-state index < -0.39 is 5.97 Å². The number of hydrogen-bond acceptors (Lipinski definition) is 3. The minimum absolute atomic E-state index is 0.149. The molecule has 4 rings (SSSR count). The maximum Gasteiger partial charge on any atom is 0.347 e. The van der Waals surface area contributed by atoms with E-state index in [1.165, 1.54) is 27.7 Å². The SMILES string of the molecule is Cc1nc(C2(c3cccc4ccccc34)CCCC2)sc1C(=O)O. The van der Waals surface area contributed by atoms with E-state index in [9.17, 15) is 9.90 Å². The van der Waals surface area contributed by atoms with Crippen LogP contribution in [0.1, 0.15) is 51.6 Å². The fourth-order valence-corrected chi connectivity index (χ4v) is 5.19. The Bertz CT molecular complexity index is 917. The zero-order valence-electron chi connectivity index (χ0n) is 13.6. The van der Waals surface area contributed by atoms with Crippen molar-refractivity contribution in [3.8, 4) is 0 Å². The third kappa shape index (κ3) is 2.25. The summed E-state index contributed by atoms with van der Waals surface area (Å²) in [6.07, 6.45) is 4.38. The molecule has 1 heterocycles. The maximum atomic E-state index is 11.5. The maximum absolute atomic E-state index is 11.5. The Morgan fingerprint density at radius 2 is 1.83 bits per heavy atom. The number of thiazole rings is 1. The summed E-state index contributed by atoms with van der Waals surface area (Å²) in [4.78, 5) is 16.6. The molecule has 0 radical (unpaired) electrons. The molecule has 0 aliphatic heterocycles. The quantitative estimate of drug-likeness (QED) is 0.718. The molecule has 0 saturated heterocycles. The van der Waals surface area contributed by atoms with Crippen molar-refractivity contribution in [2.45, 2.75) is 38.0 Å². The van der Waals surface area contributed by atoms with Crippen LogP contribution >= 0.6 is 11.3 Å². The number of hydrogen-bond donors (Lipinski definition) is 1. The zero-order chi connectivity index (χ0) is 16.7. The number of aromatic carboxylic acids is 1. The molecule has 3 aromatic rings. The average molecular weight is 337 g/mol. The Balaban J connectivity index is 1.96. The van der Waals surface area contributed by atoms with E-state index in [1.807, 2.05) is 0 Å². The number of benzene rings is 2. The lowest BCUT2D eigenvalue weighted by Gasteiger charge is -2.29. The van der Waals surface area contributed by atoms with E-state index in [-0.39, 0.29) is 5.41 Å².